The van der Waals surface area contributed by atoms with E-state index < -0.39 is 5.97 Å². The van der Waals surface area contributed by atoms with Crippen molar-refractivity contribution in [2.45, 2.75) is 38.1 Å². The molecule has 2 atom stereocenters. The number of carboxylic acid groups (broad SMARTS) is 1. The summed E-state index contributed by atoms with van der Waals surface area (Å²) in [5.41, 5.74) is 6.15. The Hall–Kier alpha value is -0.570. The SMILES string of the molecule is N[C@@H]1CCC2(CC2)C[C@@H]1C(=O)O. The van der Waals surface area contributed by atoms with Crippen LogP contribution in [-0.4, -0.2) is 17.1 Å². The standard InChI is InChI=1S/C9H15NO2/c10-7-1-2-9(3-4-9)5-6(7)8(11)12/h6-7H,1-5,10H2,(H,11,12)/t6-,7+/m0/s1. The minimum Gasteiger partial charge on any atom is -0.481 e. The van der Waals surface area contributed by atoms with Gasteiger partial charge < -0.3 is 10.8 Å². The number of nitrogens with two attached hydrogens (primary N) is 1. The van der Waals surface area contributed by atoms with E-state index in [9.17, 15) is 4.79 Å². The Labute approximate surface area is 71.9 Å². The average Bonchev–Trinajstić information content (AvgIpc) is 2.76. The van der Waals surface area contributed by atoms with Gasteiger partial charge in [-0.25, -0.2) is 0 Å². The average molecular weight is 169 g/mol. The van der Waals surface area contributed by atoms with E-state index in [0.29, 0.717) is 5.41 Å². The van der Waals surface area contributed by atoms with Crippen molar-refractivity contribution in [3.63, 3.8) is 0 Å². The molecule has 3 nitrogen and oxygen atoms in total. The largest absolute Gasteiger partial charge is 0.481 e. The number of carboxylic acids is 1. The molecule has 1 spiro atoms. The summed E-state index contributed by atoms with van der Waals surface area (Å²) in [4.78, 5) is 10.8. The fourth-order valence-electron chi connectivity index (χ4n) is 2.30. The first kappa shape index (κ1) is 8.05. The minimum atomic E-state index is -0.700. The number of hydrogen-bond acceptors (Lipinski definition) is 2. The quantitative estimate of drug-likeness (QED) is 0.615. The van der Waals surface area contributed by atoms with Crippen LogP contribution in [0.25, 0.3) is 0 Å². The zero-order valence-corrected chi connectivity index (χ0v) is 7.12. The van der Waals surface area contributed by atoms with Gasteiger partial charge in [-0.05, 0) is 37.5 Å². The summed E-state index contributed by atoms with van der Waals surface area (Å²) in [6, 6.07) is -0.103. The summed E-state index contributed by atoms with van der Waals surface area (Å²) in [6.07, 6.45) is 5.32. The topological polar surface area (TPSA) is 63.3 Å². The molecule has 0 bridgehead atoms. The van der Waals surface area contributed by atoms with Crippen LogP contribution in [0.5, 0.6) is 0 Å². The minimum absolute atomic E-state index is 0.103. The lowest BCUT2D eigenvalue weighted by molar-refractivity contribution is -0.144. The molecule has 0 aromatic rings. The fraction of sp³-hybridized carbons (Fsp3) is 0.889. The van der Waals surface area contributed by atoms with E-state index >= 15 is 0 Å². The zero-order valence-electron chi connectivity index (χ0n) is 7.12. The van der Waals surface area contributed by atoms with E-state index in [-0.39, 0.29) is 12.0 Å². The maximum atomic E-state index is 10.8. The monoisotopic (exact) mass is 169 g/mol. The molecular formula is C9H15NO2. The molecule has 2 aliphatic rings. The van der Waals surface area contributed by atoms with E-state index in [2.05, 4.69) is 0 Å². The van der Waals surface area contributed by atoms with Crippen molar-refractivity contribution in [3.8, 4) is 0 Å². The maximum absolute atomic E-state index is 10.8. The lowest BCUT2D eigenvalue weighted by Crippen LogP contribution is -2.41. The van der Waals surface area contributed by atoms with Gasteiger partial charge in [0.15, 0.2) is 0 Å². The maximum Gasteiger partial charge on any atom is 0.308 e. The van der Waals surface area contributed by atoms with Gasteiger partial charge in [0.1, 0.15) is 0 Å². The molecule has 0 aromatic carbocycles. The normalized spacial score (nSPS) is 38.1. The van der Waals surface area contributed by atoms with Crippen LogP contribution < -0.4 is 5.73 Å². The van der Waals surface area contributed by atoms with Crippen molar-refractivity contribution in [2.75, 3.05) is 0 Å². The van der Waals surface area contributed by atoms with Crippen molar-refractivity contribution < 1.29 is 9.90 Å². The third-order valence-corrected chi connectivity index (χ3v) is 3.45. The zero-order chi connectivity index (χ0) is 8.77. The first-order valence-corrected chi connectivity index (χ1v) is 4.61. The molecule has 0 aliphatic heterocycles. The molecule has 0 aromatic heterocycles. The van der Waals surface area contributed by atoms with E-state index in [1.165, 1.54) is 12.8 Å². The number of carbonyl (C=O) groups is 1. The summed E-state index contributed by atoms with van der Waals surface area (Å²) in [6.45, 7) is 0. The number of rotatable bonds is 1. The smallest absolute Gasteiger partial charge is 0.308 e. The van der Waals surface area contributed by atoms with Gasteiger partial charge in [0, 0.05) is 6.04 Å². The molecule has 3 heteroatoms. The highest BCUT2D eigenvalue weighted by molar-refractivity contribution is 5.71. The predicted octanol–water partition coefficient (Wildman–Crippen LogP) is 0.979. The molecule has 0 amide bonds. The molecule has 68 valence electrons. The van der Waals surface area contributed by atoms with Gasteiger partial charge in [0.05, 0.1) is 5.92 Å². The van der Waals surface area contributed by atoms with E-state index in [0.717, 1.165) is 19.3 Å². The second-order valence-corrected chi connectivity index (χ2v) is 4.35. The highest BCUT2D eigenvalue weighted by atomic mass is 16.4. The molecule has 2 aliphatic carbocycles. The molecular weight excluding hydrogens is 154 g/mol. The van der Waals surface area contributed by atoms with Crippen LogP contribution in [0.15, 0.2) is 0 Å². The van der Waals surface area contributed by atoms with Gasteiger partial charge in [0.2, 0.25) is 0 Å². The van der Waals surface area contributed by atoms with Gasteiger partial charge in [-0.15, -0.1) is 0 Å². The summed E-state index contributed by atoms with van der Waals surface area (Å²) < 4.78 is 0. The molecule has 0 radical (unpaired) electrons. The van der Waals surface area contributed by atoms with Gasteiger partial charge in [-0.2, -0.15) is 0 Å². The van der Waals surface area contributed by atoms with Gasteiger partial charge in [-0.1, -0.05) is 0 Å². The second-order valence-electron chi connectivity index (χ2n) is 4.35. The summed E-state index contributed by atoms with van der Waals surface area (Å²) >= 11 is 0. The van der Waals surface area contributed by atoms with Crippen molar-refractivity contribution in [2.24, 2.45) is 17.1 Å². The van der Waals surface area contributed by atoms with Gasteiger partial charge in [-0.3, -0.25) is 4.79 Å². The van der Waals surface area contributed by atoms with E-state index in [4.69, 9.17) is 10.8 Å². The predicted molar refractivity (Wildman–Crippen MR) is 44.6 cm³/mol. The molecule has 3 N–H and O–H groups in total. The Bertz CT molecular complexity index is 211. The third kappa shape index (κ3) is 1.22. The molecule has 2 rings (SSSR count). The number of aliphatic carboxylic acids is 1. The Balaban J connectivity index is 2.05. The molecule has 0 heterocycles. The van der Waals surface area contributed by atoms with Crippen LogP contribution in [0.4, 0.5) is 0 Å². The van der Waals surface area contributed by atoms with Crippen molar-refractivity contribution in [3.05, 3.63) is 0 Å². The summed E-state index contributed by atoms with van der Waals surface area (Å²) in [5.74, 6) is -0.977. The molecule has 0 unspecified atom stereocenters. The van der Waals surface area contributed by atoms with Gasteiger partial charge >= 0.3 is 5.97 Å². The van der Waals surface area contributed by atoms with E-state index in [1.807, 2.05) is 0 Å². The van der Waals surface area contributed by atoms with Crippen LogP contribution in [0.2, 0.25) is 0 Å². The number of hydrogen-bond donors (Lipinski definition) is 2. The highest BCUT2D eigenvalue weighted by Gasteiger charge is 2.49. The second kappa shape index (κ2) is 2.46. The van der Waals surface area contributed by atoms with Crippen LogP contribution in [0.3, 0.4) is 0 Å². The van der Waals surface area contributed by atoms with Crippen LogP contribution in [-0.2, 0) is 4.79 Å². The first-order valence-electron chi connectivity index (χ1n) is 4.61. The Kier molecular flexibility index (Phi) is 1.65. The van der Waals surface area contributed by atoms with Crippen LogP contribution in [0, 0.1) is 11.3 Å². The molecule has 0 saturated heterocycles. The molecule has 12 heavy (non-hydrogen) atoms. The van der Waals surface area contributed by atoms with Crippen molar-refractivity contribution >= 4 is 5.97 Å². The lowest BCUT2D eigenvalue weighted by atomic mass is 9.76. The summed E-state index contributed by atoms with van der Waals surface area (Å²) in [7, 11) is 0. The molecule has 2 saturated carbocycles. The fourth-order valence-corrected chi connectivity index (χ4v) is 2.30. The van der Waals surface area contributed by atoms with Crippen LogP contribution in [0.1, 0.15) is 32.1 Å². The highest BCUT2D eigenvalue weighted by Crippen LogP contribution is 2.57. The van der Waals surface area contributed by atoms with Crippen molar-refractivity contribution in [1.82, 2.24) is 0 Å². The van der Waals surface area contributed by atoms with Gasteiger partial charge in [0.25, 0.3) is 0 Å². The molecule has 2 fully saturated rings. The lowest BCUT2D eigenvalue weighted by Gasteiger charge is -2.31. The van der Waals surface area contributed by atoms with Crippen LogP contribution >= 0.6 is 0 Å². The van der Waals surface area contributed by atoms with Crippen molar-refractivity contribution in [1.29, 1.82) is 0 Å². The first-order chi connectivity index (χ1) is 5.63. The Morgan fingerprint density at radius 3 is 2.58 bits per heavy atom. The third-order valence-electron chi connectivity index (χ3n) is 3.45. The Morgan fingerprint density at radius 2 is 2.08 bits per heavy atom. The Morgan fingerprint density at radius 1 is 1.42 bits per heavy atom. The van der Waals surface area contributed by atoms with E-state index in [1.54, 1.807) is 0 Å². The summed E-state index contributed by atoms with van der Waals surface area (Å²) in [5, 5.41) is 8.89.